The van der Waals surface area contributed by atoms with E-state index < -0.39 is 0 Å². The topological polar surface area (TPSA) is 41.9 Å². The summed E-state index contributed by atoms with van der Waals surface area (Å²) in [4.78, 5) is 14.0. The number of anilines is 1. The van der Waals surface area contributed by atoms with Gasteiger partial charge >= 0.3 is 0 Å². The number of nitrogens with zero attached hydrogens (tertiary/aromatic N) is 4. The molecule has 1 aromatic heterocycles. The van der Waals surface area contributed by atoms with Crippen molar-refractivity contribution in [2.75, 3.05) is 18.0 Å². The Hall–Kier alpha value is -0.610. The average molecular weight is 247 g/mol. The Balaban J connectivity index is 2.20. The molecule has 0 saturated carbocycles. The van der Waals surface area contributed by atoms with Gasteiger partial charge in [-0.15, -0.1) is 0 Å². The first-order valence-corrected chi connectivity index (χ1v) is 5.73. The molecule has 0 N–H and O–H groups in total. The third-order valence-electron chi connectivity index (χ3n) is 2.51. The van der Waals surface area contributed by atoms with Gasteiger partial charge in [-0.05, 0) is 42.0 Å². The van der Waals surface area contributed by atoms with Crippen molar-refractivity contribution in [2.24, 2.45) is 5.92 Å². The highest BCUT2D eigenvalue weighted by Crippen LogP contribution is 2.21. The summed E-state index contributed by atoms with van der Waals surface area (Å²) in [7, 11) is 0. The number of halogens is 2. The summed E-state index contributed by atoms with van der Waals surface area (Å²) < 4.78 is 0. The first-order valence-electron chi connectivity index (χ1n) is 4.97. The molecule has 1 unspecified atom stereocenters. The van der Waals surface area contributed by atoms with E-state index >= 15 is 0 Å². The van der Waals surface area contributed by atoms with Crippen molar-refractivity contribution >= 4 is 29.2 Å². The second-order valence-electron chi connectivity index (χ2n) is 3.87. The zero-order valence-electron chi connectivity index (χ0n) is 8.45. The van der Waals surface area contributed by atoms with Gasteiger partial charge in [-0.2, -0.15) is 15.0 Å². The summed E-state index contributed by atoms with van der Waals surface area (Å²) in [5.74, 6) is 1.25. The minimum atomic E-state index is 0.156. The van der Waals surface area contributed by atoms with Crippen molar-refractivity contribution in [3.63, 3.8) is 0 Å². The van der Waals surface area contributed by atoms with E-state index in [-0.39, 0.29) is 10.6 Å². The van der Waals surface area contributed by atoms with E-state index in [9.17, 15) is 0 Å². The predicted octanol–water partition coefficient (Wildman–Crippen LogP) is 2.41. The zero-order valence-corrected chi connectivity index (χ0v) is 9.96. The fourth-order valence-electron chi connectivity index (χ4n) is 1.83. The minimum Gasteiger partial charge on any atom is -0.340 e. The first-order chi connectivity index (χ1) is 7.15. The van der Waals surface area contributed by atoms with Crippen molar-refractivity contribution in [1.82, 2.24) is 15.0 Å². The molecule has 0 radical (unpaired) electrons. The molecule has 0 aliphatic carbocycles. The highest BCUT2D eigenvalue weighted by atomic mass is 35.5. The first kappa shape index (κ1) is 10.9. The van der Waals surface area contributed by atoms with Crippen molar-refractivity contribution < 1.29 is 0 Å². The highest BCUT2D eigenvalue weighted by Gasteiger charge is 2.19. The SMILES string of the molecule is CC1CCCN(c2nc(Cl)nc(Cl)n2)C1. The molecule has 1 fully saturated rings. The number of hydrogen-bond donors (Lipinski definition) is 0. The van der Waals surface area contributed by atoms with E-state index in [2.05, 4.69) is 26.8 Å². The van der Waals surface area contributed by atoms with Gasteiger partial charge in [0.15, 0.2) is 0 Å². The summed E-state index contributed by atoms with van der Waals surface area (Å²) in [6.45, 7) is 4.13. The zero-order chi connectivity index (χ0) is 10.8. The number of rotatable bonds is 1. The van der Waals surface area contributed by atoms with Crippen LogP contribution in [0.15, 0.2) is 0 Å². The summed E-state index contributed by atoms with van der Waals surface area (Å²) in [6, 6.07) is 0. The van der Waals surface area contributed by atoms with Gasteiger partial charge in [-0.1, -0.05) is 6.92 Å². The third-order valence-corrected chi connectivity index (χ3v) is 2.85. The summed E-state index contributed by atoms with van der Waals surface area (Å²) >= 11 is 11.5. The second kappa shape index (κ2) is 4.49. The van der Waals surface area contributed by atoms with Crippen molar-refractivity contribution in [3.05, 3.63) is 10.6 Å². The molecule has 0 bridgehead atoms. The molecule has 6 heteroatoms. The predicted molar refractivity (Wildman–Crippen MR) is 60.5 cm³/mol. The average Bonchev–Trinajstić information content (AvgIpc) is 2.16. The van der Waals surface area contributed by atoms with Gasteiger partial charge in [-0.25, -0.2) is 0 Å². The van der Waals surface area contributed by atoms with Gasteiger partial charge < -0.3 is 4.90 Å². The minimum absolute atomic E-state index is 0.156. The molecule has 15 heavy (non-hydrogen) atoms. The fraction of sp³-hybridized carbons (Fsp3) is 0.667. The smallest absolute Gasteiger partial charge is 0.230 e. The van der Waals surface area contributed by atoms with Gasteiger partial charge in [-0.3, -0.25) is 0 Å². The molecule has 4 nitrogen and oxygen atoms in total. The van der Waals surface area contributed by atoms with Gasteiger partial charge in [0.05, 0.1) is 0 Å². The van der Waals surface area contributed by atoms with E-state index in [4.69, 9.17) is 23.2 Å². The van der Waals surface area contributed by atoms with Crippen LogP contribution in [-0.4, -0.2) is 28.0 Å². The van der Waals surface area contributed by atoms with Crippen LogP contribution >= 0.6 is 23.2 Å². The van der Waals surface area contributed by atoms with Gasteiger partial charge in [0.2, 0.25) is 16.5 Å². The van der Waals surface area contributed by atoms with Crippen molar-refractivity contribution in [2.45, 2.75) is 19.8 Å². The third kappa shape index (κ3) is 2.69. The highest BCUT2D eigenvalue weighted by molar-refractivity contribution is 6.31. The quantitative estimate of drug-likeness (QED) is 0.764. The molecule has 82 valence electrons. The monoisotopic (exact) mass is 246 g/mol. The van der Waals surface area contributed by atoms with Crippen LogP contribution in [0.1, 0.15) is 19.8 Å². The summed E-state index contributed by atoms with van der Waals surface area (Å²) in [6.07, 6.45) is 2.41. The molecule has 1 atom stereocenters. The van der Waals surface area contributed by atoms with Crippen LogP contribution in [0.4, 0.5) is 5.95 Å². The molecular formula is C9H12Cl2N4. The number of aromatic nitrogens is 3. The molecule has 0 aromatic carbocycles. The largest absolute Gasteiger partial charge is 0.340 e. The Bertz CT molecular complexity index is 338. The van der Waals surface area contributed by atoms with Crippen LogP contribution in [0, 0.1) is 5.92 Å². The Kier molecular flexibility index (Phi) is 3.26. The molecule has 2 heterocycles. The lowest BCUT2D eigenvalue weighted by molar-refractivity contribution is 0.441. The standard InChI is InChI=1S/C9H12Cl2N4/c1-6-3-2-4-15(5-6)9-13-7(10)12-8(11)14-9/h6H,2-5H2,1H3. The number of hydrogen-bond acceptors (Lipinski definition) is 4. The van der Waals surface area contributed by atoms with Crippen molar-refractivity contribution in [1.29, 1.82) is 0 Å². The molecule has 1 aromatic rings. The second-order valence-corrected chi connectivity index (χ2v) is 4.54. The Morgan fingerprint density at radius 1 is 1.20 bits per heavy atom. The molecule has 1 aliphatic heterocycles. The molecule has 0 amide bonds. The maximum Gasteiger partial charge on any atom is 0.230 e. The lowest BCUT2D eigenvalue weighted by Crippen LogP contribution is -2.35. The summed E-state index contributed by atoms with van der Waals surface area (Å²) in [5, 5.41) is 0.312. The van der Waals surface area contributed by atoms with Crippen LogP contribution in [-0.2, 0) is 0 Å². The van der Waals surface area contributed by atoms with Crippen LogP contribution in [0.3, 0.4) is 0 Å². The Labute approximate surface area is 98.6 Å². The lowest BCUT2D eigenvalue weighted by atomic mass is 10.0. The van der Waals surface area contributed by atoms with Gasteiger partial charge in [0.1, 0.15) is 0 Å². The Morgan fingerprint density at radius 2 is 1.87 bits per heavy atom. The molecule has 2 rings (SSSR count). The van der Waals surface area contributed by atoms with Crippen LogP contribution in [0.2, 0.25) is 10.6 Å². The normalized spacial score (nSPS) is 21.8. The van der Waals surface area contributed by atoms with E-state index in [1.165, 1.54) is 6.42 Å². The summed E-state index contributed by atoms with van der Waals surface area (Å²) in [5.41, 5.74) is 0. The molecule has 0 spiro atoms. The number of piperidine rings is 1. The lowest BCUT2D eigenvalue weighted by Gasteiger charge is -2.30. The van der Waals surface area contributed by atoms with E-state index in [0.717, 1.165) is 19.5 Å². The van der Waals surface area contributed by atoms with E-state index in [1.807, 2.05) is 0 Å². The Morgan fingerprint density at radius 3 is 2.47 bits per heavy atom. The van der Waals surface area contributed by atoms with Crippen LogP contribution in [0.5, 0.6) is 0 Å². The fourth-order valence-corrected chi connectivity index (χ4v) is 2.18. The molecule has 1 aliphatic rings. The maximum absolute atomic E-state index is 5.73. The van der Waals surface area contributed by atoms with E-state index in [0.29, 0.717) is 11.9 Å². The van der Waals surface area contributed by atoms with Gasteiger partial charge in [0.25, 0.3) is 0 Å². The molecule has 1 saturated heterocycles. The van der Waals surface area contributed by atoms with Crippen LogP contribution < -0.4 is 4.90 Å². The van der Waals surface area contributed by atoms with E-state index in [1.54, 1.807) is 0 Å². The maximum atomic E-state index is 5.73. The van der Waals surface area contributed by atoms with Gasteiger partial charge in [0, 0.05) is 13.1 Å². The molecular weight excluding hydrogens is 235 g/mol. The van der Waals surface area contributed by atoms with Crippen LogP contribution in [0.25, 0.3) is 0 Å². The van der Waals surface area contributed by atoms with Crippen molar-refractivity contribution in [3.8, 4) is 0 Å².